The zero-order valence-electron chi connectivity index (χ0n) is 10.1. The average molecular weight is 270 g/mol. The normalized spacial score (nSPS) is 17.9. The molecular weight excluding hydrogens is 254 g/mol. The first-order valence-corrected chi connectivity index (χ1v) is 6.75. The molecule has 0 aliphatic heterocycles. The van der Waals surface area contributed by atoms with Crippen molar-refractivity contribution in [3.63, 3.8) is 0 Å². The van der Waals surface area contributed by atoms with Gasteiger partial charge in [0.2, 0.25) is 0 Å². The van der Waals surface area contributed by atoms with Crippen LogP contribution in [0.3, 0.4) is 0 Å². The molecule has 0 unspecified atom stereocenters. The summed E-state index contributed by atoms with van der Waals surface area (Å²) < 4.78 is 5.13. The van der Waals surface area contributed by atoms with Crippen LogP contribution in [-0.2, 0) is 0 Å². The molecule has 0 N–H and O–H groups in total. The van der Waals surface area contributed by atoms with Crippen LogP contribution >= 0.6 is 11.6 Å². The maximum absolute atomic E-state index is 10.5. The Bertz CT molecular complexity index is 447. The van der Waals surface area contributed by atoms with Gasteiger partial charge in [-0.3, -0.25) is 10.1 Å². The van der Waals surface area contributed by atoms with Crippen LogP contribution < -0.4 is 0 Å². The Morgan fingerprint density at radius 3 is 2.72 bits per heavy atom. The molecule has 4 nitrogen and oxygen atoms in total. The van der Waals surface area contributed by atoms with E-state index in [1.54, 1.807) is 6.07 Å². The summed E-state index contributed by atoms with van der Waals surface area (Å²) in [6.45, 7) is 0. The van der Waals surface area contributed by atoms with Gasteiger partial charge in [-0.25, -0.2) is 0 Å². The summed E-state index contributed by atoms with van der Waals surface area (Å²) in [7, 11) is 0. The maximum Gasteiger partial charge on any atom is 0.433 e. The van der Waals surface area contributed by atoms with Gasteiger partial charge >= 0.3 is 5.88 Å². The quantitative estimate of drug-likeness (QED) is 0.463. The lowest BCUT2D eigenvalue weighted by atomic mass is 9.84. The van der Waals surface area contributed by atoms with Gasteiger partial charge in [-0.15, -0.1) is 11.6 Å². The van der Waals surface area contributed by atoms with Gasteiger partial charge in [0.05, 0.1) is 6.07 Å². The van der Waals surface area contributed by atoms with E-state index in [1.165, 1.54) is 25.3 Å². The monoisotopic (exact) mass is 269 g/mol. The van der Waals surface area contributed by atoms with Gasteiger partial charge in [-0.05, 0) is 36.5 Å². The van der Waals surface area contributed by atoms with Crippen LogP contribution in [0.4, 0.5) is 5.88 Å². The summed E-state index contributed by atoms with van der Waals surface area (Å²) >= 11 is 5.98. The zero-order chi connectivity index (χ0) is 13.0. The molecule has 1 aliphatic rings. The minimum atomic E-state index is -0.529. The van der Waals surface area contributed by atoms with Crippen molar-refractivity contribution in [1.82, 2.24) is 0 Å². The van der Waals surface area contributed by atoms with Crippen LogP contribution in [0.5, 0.6) is 0 Å². The molecule has 0 aromatic carbocycles. The summed E-state index contributed by atoms with van der Waals surface area (Å²) in [4.78, 5) is 10.0. The highest BCUT2D eigenvalue weighted by Crippen LogP contribution is 2.32. The van der Waals surface area contributed by atoms with Crippen molar-refractivity contribution in [3.8, 4) is 0 Å². The molecule has 1 saturated carbocycles. The van der Waals surface area contributed by atoms with E-state index < -0.39 is 4.92 Å². The predicted molar refractivity (Wildman–Crippen MR) is 70.6 cm³/mol. The second kappa shape index (κ2) is 6.05. The number of alkyl halides is 1. The van der Waals surface area contributed by atoms with E-state index in [4.69, 9.17) is 16.0 Å². The molecule has 18 heavy (non-hydrogen) atoms. The van der Waals surface area contributed by atoms with Gasteiger partial charge < -0.3 is 4.42 Å². The van der Waals surface area contributed by atoms with E-state index in [9.17, 15) is 10.1 Å². The van der Waals surface area contributed by atoms with Gasteiger partial charge in [0.15, 0.2) is 0 Å². The van der Waals surface area contributed by atoms with Crippen LogP contribution in [0, 0.1) is 16.0 Å². The van der Waals surface area contributed by atoms with E-state index >= 15 is 0 Å². The molecule has 1 heterocycles. The lowest BCUT2D eigenvalue weighted by Crippen LogP contribution is -2.10. The van der Waals surface area contributed by atoms with E-state index in [1.807, 2.05) is 6.08 Å². The largest absolute Gasteiger partial charge is 0.433 e. The Balaban J connectivity index is 2.14. The third kappa shape index (κ3) is 3.13. The van der Waals surface area contributed by atoms with Crippen LogP contribution in [-0.4, -0.2) is 10.8 Å². The fraction of sp³-hybridized carbons (Fsp3) is 0.538. The van der Waals surface area contributed by atoms with Crippen LogP contribution in [0.1, 0.15) is 37.9 Å². The fourth-order valence-corrected chi connectivity index (χ4v) is 2.73. The lowest BCUT2D eigenvalue weighted by molar-refractivity contribution is -0.402. The highest BCUT2D eigenvalue weighted by Gasteiger charge is 2.18. The first-order chi connectivity index (χ1) is 8.70. The number of furan rings is 1. The summed E-state index contributed by atoms with van der Waals surface area (Å²) in [5.74, 6) is 1.25. The van der Waals surface area contributed by atoms with Crippen LogP contribution in [0.25, 0.3) is 6.08 Å². The van der Waals surface area contributed by atoms with Crippen molar-refractivity contribution in [2.24, 2.45) is 5.92 Å². The maximum atomic E-state index is 10.5. The Kier molecular flexibility index (Phi) is 4.42. The SMILES string of the molecule is O=[N+]([O-])c1ccc(C=C(CCl)C2CCCCC2)o1. The van der Waals surface area contributed by atoms with E-state index in [0.29, 0.717) is 17.6 Å². The number of nitrogens with zero attached hydrogens (tertiary/aromatic N) is 1. The number of nitro groups is 1. The Morgan fingerprint density at radius 1 is 1.44 bits per heavy atom. The Hall–Kier alpha value is -1.29. The second-order valence-corrected chi connectivity index (χ2v) is 4.89. The number of hydrogen-bond donors (Lipinski definition) is 0. The van der Waals surface area contributed by atoms with E-state index in [2.05, 4.69) is 0 Å². The van der Waals surface area contributed by atoms with Crippen molar-refractivity contribution in [2.45, 2.75) is 32.1 Å². The standard InChI is InChI=1S/C13H16ClNO3/c14-9-11(10-4-2-1-3-5-10)8-12-6-7-13(18-12)15(16)17/h6-8,10H,1-5,9H2. The van der Waals surface area contributed by atoms with Crippen LogP contribution in [0.2, 0.25) is 0 Å². The van der Waals surface area contributed by atoms with Crippen LogP contribution in [0.15, 0.2) is 22.1 Å². The summed E-state index contributed by atoms with van der Waals surface area (Å²) in [5, 5.41) is 10.5. The lowest BCUT2D eigenvalue weighted by Gasteiger charge is -2.23. The molecule has 0 spiro atoms. The molecule has 0 radical (unpaired) electrons. The van der Waals surface area contributed by atoms with E-state index in [0.717, 1.165) is 18.4 Å². The Labute approximate surface area is 111 Å². The number of halogens is 1. The summed E-state index contributed by atoms with van der Waals surface area (Å²) in [6, 6.07) is 2.99. The smallest absolute Gasteiger partial charge is 0.401 e. The van der Waals surface area contributed by atoms with Crippen molar-refractivity contribution < 1.29 is 9.34 Å². The predicted octanol–water partition coefficient (Wildman–Crippen LogP) is 4.39. The molecule has 1 aromatic rings. The topological polar surface area (TPSA) is 56.3 Å². The Morgan fingerprint density at radius 2 is 2.17 bits per heavy atom. The molecule has 0 amide bonds. The first-order valence-electron chi connectivity index (χ1n) is 6.21. The van der Waals surface area contributed by atoms with Gasteiger partial charge in [0.1, 0.15) is 10.7 Å². The van der Waals surface area contributed by atoms with Crippen molar-refractivity contribution >= 4 is 23.6 Å². The van der Waals surface area contributed by atoms with Gasteiger partial charge in [0.25, 0.3) is 0 Å². The number of allylic oxidation sites excluding steroid dienone is 1. The molecule has 1 fully saturated rings. The van der Waals surface area contributed by atoms with Gasteiger partial charge in [-0.2, -0.15) is 0 Å². The van der Waals surface area contributed by atoms with Gasteiger partial charge in [0, 0.05) is 5.88 Å². The summed E-state index contributed by atoms with van der Waals surface area (Å²) in [5.41, 5.74) is 1.13. The molecular formula is C13H16ClNO3. The average Bonchev–Trinajstić information content (AvgIpc) is 2.86. The molecule has 0 atom stereocenters. The zero-order valence-corrected chi connectivity index (χ0v) is 10.9. The summed E-state index contributed by atoms with van der Waals surface area (Å²) in [6.07, 6.45) is 7.92. The number of hydrogen-bond acceptors (Lipinski definition) is 3. The van der Waals surface area contributed by atoms with Gasteiger partial charge in [-0.1, -0.05) is 19.3 Å². The number of rotatable bonds is 4. The first kappa shape index (κ1) is 13.1. The van der Waals surface area contributed by atoms with E-state index in [-0.39, 0.29) is 5.88 Å². The third-order valence-corrected chi connectivity index (χ3v) is 3.71. The fourth-order valence-electron chi connectivity index (χ4n) is 2.44. The third-order valence-electron chi connectivity index (χ3n) is 3.40. The van der Waals surface area contributed by atoms with Crippen molar-refractivity contribution in [2.75, 3.05) is 5.88 Å². The highest BCUT2D eigenvalue weighted by molar-refractivity contribution is 6.19. The molecule has 0 bridgehead atoms. The molecule has 5 heteroatoms. The van der Waals surface area contributed by atoms with Crippen molar-refractivity contribution in [3.05, 3.63) is 33.6 Å². The highest BCUT2D eigenvalue weighted by atomic mass is 35.5. The molecule has 98 valence electrons. The molecule has 0 saturated heterocycles. The molecule has 1 aliphatic carbocycles. The second-order valence-electron chi connectivity index (χ2n) is 4.62. The minimum Gasteiger partial charge on any atom is -0.401 e. The molecule has 1 aromatic heterocycles. The van der Waals surface area contributed by atoms with Crippen molar-refractivity contribution in [1.29, 1.82) is 0 Å². The minimum absolute atomic E-state index is 0.223. The molecule has 2 rings (SSSR count).